The van der Waals surface area contributed by atoms with Crippen molar-refractivity contribution in [2.45, 2.75) is 19.8 Å². The first kappa shape index (κ1) is 13.7. The van der Waals surface area contributed by atoms with E-state index < -0.39 is 0 Å². The Kier molecular flexibility index (Phi) is 4.63. The Hall–Kier alpha value is -1.75. The van der Waals surface area contributed by atoms with Crippen molar-refractivity contribution in [1.82, 2.24) is 4.98 Å². The molecule has 5 heteroatoms. The van der Waals surface area contributed by atoms with Crippen molar-refractivity contribution in [3.8, 4) is 11.5 Å². The first-order valence-electron chi connectivity index (χ1n) is 6.22. The van der Waals surface area contributed by atoms with Crippen LogP contribution in [0.25, 0.3) is 0 Å². The van der Waals surface area contributed by atoms with Gasteiger partial charge in [0.15, 0.2) is 16.6 Å². The molecule has 0 aliphatic carbocycles. The molecule has 4 nitrogen and oxygen atoms in total. The van der Waals surface area contributed by atoms with E-state index in [9.17, 15) is 0 Å². The van der Waals surface area contributed by atoms with E-state index in [-0.39, 0.29) is 0 Å². The number of rotatable bonds is 6. The molecule has 1 aromatic heterocycles. The molecular formula is C14H18N2O2S. The quantitative estimate of drug-likeness (QED) is 0.882. The smallest absolute Gasteiger partial charge is 0.180 e. The van der Waals surface area contributed by atoms with Gasteiger partial charge in [0.1, 0.15) is 0 Å². The van der Waals surface area contributed by atoms with Gasteiger partial charge in [-0.3, -0.25) is 0 Å². The monoisotopic (exact) mass is 278 g/mol. The van der Waals surface area contributed by atoms with Gasteiger partial charge in [-0.05, 0) is 24.1 Å². The Bertz CT molecular complexity index is 540. The number of ether oxygens (including phenoxy) is 2. The lowest BCUT2D eigenvalue weighted by atomic mass is 10.1. The molecule has 0 radical (unpaired) electrons. The van der Waals surface area contributed by atoms with E-state index in [0.29, 0.717) is 11.7 Å². The van der Waals surface area contributed by atoms with Crippen LogP contribution in [0.4, 0.5) is 5.13 Å². The largest absolute Gasteiger partial charge is 0.493 e. The topological polar surface area (TPSA) is 57.4 Å². The Labute approximate surface area is 117 Å². The van der Waals surface area contributed by atoms with Gasteiger partial charge in [-0.15, -0.1) is 11.3 Å². The molecule has 2 aromatic rings. The Morgan fingerprint density at radius 2 is 2.16 bits per heavy atom. The average molecular weight is 278 g/mol. The molecule has 0 spiro atoms. The molecule has 0 saturated heterocycles. The second kappa shape index (κ2) is 6.43. The third kappa shape index (κ3) is 3.61. The number of hydrogen-bond donors (Lipinski definition) is 1. The lowest BCUT2D eigenvalue weighted by molar-refractivity contribution is 0.294. The van der Waals surface area contributed by atoms with Crippen LogP contribution >= 0.6 is 11.3 Å². The van der Waals surface area contributed by atoms with E-state index in [1.54, 1.807) is 7.11 Å². The summed E-state index contributed by atoms with van der Waals surface area (Å²) in [6, 6.07) is 5.96. The number of nitrogens with zero attached hydrogens (tertiary/aromatic N) is 1. The summed E-state index contributed by atoms with van der Waals surface area (Å²) in [6.45, 7) is 2.77. The van der Waals surface area contributed by atoms with Crippen LogP contribution in [0, 0.1) is 0 Å². The number of methoxy groups -OCH3 is 1. The molecule has 2 N–H and O–H groups in total. The van der Waals surface area contributed by atoms with Crippen LogP contribution in [0.1, 0.15) is 24.6 Å². The summed E-state index contributed by atoms with van der Waals surface area (Å²) in [5.41, 5.74) is 7.74. The van der Waals surface area contributed by atoms with Gasteiger partial charge in [0.2, 0.25) is 0 Å². The fourth-order valence-corrected chi connectivity index (χ4v) is 2.33. The van der Waals surface area contributed by atoms with Gasteiger partial charge in [-0.1, -0.05) is 13.0 Å². The minimum absolute atomic E-state index is 0.602. The van der Waals surface area contributed by atoms with Gasteiger partial charge in [-0.2, -0.15) is 0 Å². The van der Waals surface area contributed by atoms with E-state index in [1.165, 1.54) is 11.3 Å². The zero-order valence-electron chi connectivity index (χ0n) is 11.2. The van der Waals surface area contributed by atoms with Crippen molar-refractivity contribution in [2.75, 3.05) is 19.5 Å². The highest BCUT2D eigenvalue weighted by molar-refractivity contribution is 7.13. The van der Waals surface area contributed by atoms with Crippen molar-refractivity contribution < 1.29 is 9.47 Å². The third-order valence-electron chi connectivity index (χ3n) is 2.64. The predicted octanol–water partition coefficient (Wildman–Crippen LogP) is 3.11. The lowest BCUT2D eigenvalue weighted by Crippen LogP contribution is -1.99. The number of nitrogen functional groups attached to an aromatic ring is 1. The van der Waals surface area contributed by atoms with Crippen molar-refractivity contribution in [1.29, 1.82) is 0 Å². The molecule has 0 aliphatic rings. The van der Waals surface area contributed by atoms with E-state index >= 15 is 0 Å². The number of nitrogens with two attached hydrogens (primary N) is 1. The van der Waals surface area contributed by atoms with Crippen LogP contribution in [-0.2, 0) is 6.42 Å². The summed E-state index contributed by atoms with van der Waals surface area (Å²) in [6.07, 6.45) is 1.72. The molecule has 102 valence electrons. The van der Waals surface area contributed by atoms with E-state index in [1.807, 2.05) is 23.6 Å². The molecule has 2 rings (SSSR count). The van der Waals surface area contributed by atoms with Gasteiger partial charge >= 0.3 is 0 Å². The first-order chi connectivity index (χ1) is 9.22. The van der Waals surface area contributed by atoms with E-state index in [4.69, 9.17) is 15.2 Å². The zero-order valence-corrected chi connectivity index (χ0v) is 12.0. The minimum Gasteiger partial charge on any atom is -0.493 e. The van der Waals surface area contributed by atoms with Gasteiger partial charge < -0.3 is 15.2 Å². The highest BCUT2D eigenvalue weighted by Crippen LogP contribution is 2.29. The van der Waals surface area contributed by atoms with Crippen LogP contribution in [-0.4, -0.2) is 18.7 Å². The Balaban J connectivity index is 2.14. The summed E-state index contributed by atoms with van der Waals surface area (Å²) in [7, 11) is 1.65. The van der Waals surface area contributed by atoms with Gasteiger partial charge in [0.25, 0.3) is 0 Å². The summed E-state index contributed by atoms with van der Waals surface area (Å²) in [4.78, 5) is 4.26. The molecule has 0 saturated carbocycles. The van der Waals surface area contributed by atoms with E-state index in [0.717, 1.165) is 35.6 Å². The maximum Gasteiger partial charge on any atom is 0.180 e. The summed E-state index contributed by atoms with van der Waals surface area (Å²) in [5.74, 6) is 1.54. The second-order valence-electron chi connectivity index (χ2n) is 4.19. The SMILES string of the molecule is CCCOc1ccc(Cc2csc(N)n2)cc1OC. The normalized spacial score (nSPS) is 10.4. The average Bonchev–Trinajstić information content (AvgIpc) is 2.82. The maximum absolute atomic E-state index is 5.63. The van der Waals surface area contributed by atoms with Crippen LogP contribution in [0.3, 0.4) is 0 Å². The molecule has 0 atom stereocenters. The van der Waals surface area contributed by atoms with Gasteiger partial charge in [0.05, 0.1) is 19.4 Å². The molecule has 0 unspecified atom stereocenters. The number of benzene rings is 1. The van der Waals surface area contributed by atoms with E-state index in [2.05, 4.69) is 11.9 Å². The Morgan fingerprint density at radius 1 is 1.32 bits per heavy atom. The lowest BCUT2D eigenvalue weighted by Gasteiger charge is -2.11. The summed E-state index contributed by atoms with van der Waals surface area (Å²) >= 11 is 1.46. The minimum atomic E-state index is 0.602. The molecule has 1 aromatic carbocycles. The highest BCUT2D eigenvalue weighted by atomic mass is 32.1. The van der Waals surface area contributed by atoms with Crippen LogP contribution in [0.2, 0.25) is 0 Å². The summed E-state index contributed by atoms with van der Waals surface area (Å²) < 4.78 is 11.0. The third-order valence-corrected chi connectivity index (χ3v) is 3.37. The molecule has 0 bridgehead atoms. The van der Waals surface area contributed by atoms with Crippen molar-refractivity contribution >= 4 is 16.5 Å². The number of aromatic nitrogens is 1. The fraction of sp³-hybridized carbons (Fsp3) is 0.357. The van der Waals surface area contributed by atoms with Crippen molar-refractivity contribution in [3.63, 3.8) is 0 Å². The molecular weight excluding hydrogens is 260 g/mol. The fourth-order valence-electron chi connectivity index (χ4n) is 1.77. The molecule has 19 heavy (non-hydrogen) atoms. The predicted molar refractivity (Wildman–Crippen MR) is 78.1 cm³/mol. The molecule has 0 fully saturated rings. The molecule has 0 aliphatic heterocycles. The Morgan fingerprint density at radius 3 is 2.79 bits per heavy atom. The second-order valence-corrected chi connectivity index (χ2v) is 5.08. The van der Waals surface area contributed by atoms with Crippen LogP contribution < -0.4 is 15.2 Å². The van der Waals surface area contributed by atoms with Crippen LogP contribution in [0.15, 0.2) is 23.6 Å². The van der Waals surface area contributed by atoms with Gasteiger partial charge in [0, 0.05) is 11.8 Å². The zero-order chi connectivity index (χ0) is 13.7. The first-order valence-corrected chi connectivity index (χ1v) is 7.10. The molecule has 0 amide bonds. The van der Waals surface area contributed by atoms with Gasteiger partial charge in [-0.25, -0.2) is 4.98 Å². The number of thiazole rings is 1. The van der Waals surface area contributed by atoms with Crippen molar-refractivity contribution in [2.24, 2.45) is 0 Å². The van der Waals surface area contributed by atoms with Crippen LogP contribution in [0.5, 0.6) is 11.5 Å². The highest BCUT2D eigenvalue weighted by Gasteiger charge is 2.07. The maximum atomic E-state index is 5.63. The number of hydrogen-bond acceptors (Lipinski definition) is 5. The standard InChI is InChI=1S/C14H18N2O2S/c1-3-6-18-12-5-4-10(8-13(12)17-2)7-11-9-19-14(15)16-11/h4-5,8-9H,3,6-7H2,1-2H3,(H2,15,16). The number of anilines is 1. The molecule has 1 heterocycles. The van der Waals surface area contributed by atoms with Crippen molar-refractivity contribution in [3.05, 3.63) is 34.8 Å². The summed E-state index contributed by atoms with van der Waals surface area (Å²) in [5, 5.41) is 2.58.